The number of piperidine rings is 1. The average Bonchev–Trinajstić information content (AvgIpc) is 3.38. The summed E-state index contributed by atoms with van der Waals surface area (Å²) in [4.78, 5) is 19.4. The number of nitrogens with one attached hydrogen (secondary N) is 1. The molecule has 1 aliphatic rings. The van der Waals surface area contributed by atoms with Crippen molar-refractivity contribution in [2.75, 3.05) is 13.1 Å². The van der Waals surface area contributed by atoms with E-state index in [1.807, 2.05) is 34.7 Å². The highest BCUT2D eigenvalue weighted by Crippen LogP contribution is 2.33. The summed E-state index contributed by atoms with van der Waals surface area (Å²) in [5, 5.41) is 10.4. The second-order valence-electron chi connectivity index (χ2n) is 7.03. The third-order valence-corrected chi connectivity index (χ3v) is 6.01. The molecule has 1 saturated heterocycles. The van der Waals surface area contributed by atoms with Gasteiger partial charge in [-0.1, -0.05) is 37.3 Å². The van der Waals surface area contributed by atoms with Gasteiger partial charge in [-0.25, -0.2) is 4.98 Å². The Labute approximate surface area is 163 Å². The van der Waals surface area contributed by atoms with Gasteiger partial charge < -0.3 is 4.90 Å². The Morgan fingerprint density at radius 1 is 1.33 bits per heavy atom. The predicted octanol–water partition coefficient (Wildman–Crippen LogP) is 4.51. The molecule has 1 aliphatic heterocycles. The van der Waals surface area contributed by atoms with Crippen molar-refractivity contribution in [2.45, 2.75) is 38.5 Å². The molecule has 2 aromatic heterocycles. The number of benzene rings is 1. The van der Waals surface area contributed by atoms with Gasteiger partial charge in [-0.15, -0.1) is 11.3 Å². The normalized spacial score (nSPS) is 17.2. The fourth-order valence-corrected chi connectivity index (χ4v) is 4.63. The van der Waals surface area contributed by atoms with E-state index in [0.717, 1.165) is 54.1 Å². The summed E-state index contributed by atoms with van der Waals surface area (Å²) in [5.41, 5.74) is 4.02. The van der Waals surface area contributed by atoms with Crippen molar-refractivity contribution >= 4 is 17.2 Å². The van der Waals surface area contributed by atoms with Crippen molar-refractivity contribution < 1.29 is 4.79 Å². The topological polar surface area (TPSA) is 61.9 Å². The first-order valence-corrected chi connectivity index (χ1v) is 10.5. The maximum atomic E-state index is 12.9. The summed E-state index contributed by atoms with van der Waals surface area (Å²) in [6.07, 6.45) is 5.94. The lowest BCUT2D eigenvalue weighted by Crippen LogP contribution is -2.39. The van der Waals surface area contributed by atoms with Gasteiger partial charge in [0.25, 0.3) is 5.91 Å². The number of nitrogens with zero attached hydrogens (tertiary/aromatic N) is 3. The van der Waals surface area contributed by atoms with Gasteiger partial charge in [0.2, 0.25) is 0 Å². The number of aryl methyl sites for hydroxylation is 1. The second-order valence-corrected chi connectivity index (χ2v) is 7.97. The Morgan fingerprint density at radius 2 is 2.19 bits per heavy atom. The minimum Gasteiger partial charge on any atom is -0.337 e. The summed E-state index contributed by atoms with van der Waals surface area (Å²) in [7, 11) is 0. The fraction of sp³-hybridized carbons (Fsp3) is 0.381. The van der Waals surface area contributed by atoms with Crippen molar-refractivity contribution in [1.29, 1.82) is 0 Å². The van der Waals surface area contributed by atoms with Crippen LogP contribution in [0.15, 0.2) is 41.9 Å². The molecule has 140 valence electrons. The molecule has 0 unspecified atom stereocenters. The van der Waals surface area contributed by atoms with Gasteiger partial charge in [-0.05, 0) is 31.2 Å². The van der Waals surface area contributed by atoms with Crippen molar-refractivity contribution in [2.24, 2.45) is 0 Å². The molecule has 1 amide bonds. The zero-order valence-corrected chi connectivity index (χ0v) is 16.3. The van der Waals surface area contributed by atoms with E-state index in [0.29, 0.717) is 12.2 Å². The van der Waals surface area contributed by atoms with E-state index in [2.05, 4.69) is 34.2 Å². The first-order valence-electron chi connectivity index (χ1n) is 9.58. The lowest BCUT2D eigenvalue weighted by Gasteiger charge is -2.32. The second kappa shape index (κ2) is 8.05. The highest BCUT2D eigenvalue weighted by Gasteiger charge is 2.29. The Bertz CT molecular complexity index is 902. The van der Waals surface area contributed by atoms with Gasteiger partial charge in [0.1, 0.15) is 5.69 Å². The monoisotopic (exact) mass is 380 g/mol. The van der Waals surface area contributed by atoms with Gasteiger partial charge in [-0.3, -0.25) is 9.89 Å². The molecule has 0 radical (unpaired) electrons. The van der Waals surface area contributed by atoms with Crippen LogP contribution < -0.4 is 0 Å². The van der Waals surface area contributed by atoms with Gasteiger partial charge in [0, 0.05) is 35.6 Å². The van der Waals surface area contributed by atoms with Crippen LogP contribution in [0.2, 0.25) is 0 Å². The molecule has 3 aromatic rings. The number of carbonyl (C=O) groups is 1. The van der Waals surface area contributed by atoms with Gasteiger partial charge in [0.15, 0.2) is 0 Å². The molecule has 5 nitrogen and oxygen atoms in total. The summed E-state index contributed by atoms with van der Waals surface area (Å²) in [6, 6.07) is 10.3. The molecule has 27 heavy (non-hydrogen) atoms. The summed E-state index contributed by atoms with van der Waals surface area (Å²) in [6.45, 7) is 3.64. The third kappa shape index (κ3) is 3.81. The molecule has 1 fully saturated rings. The molecule has 4 rings (SSSR count). The van der Waals surface area contributed by atoms with E-state index >= 15 is 0 Å². The van der Waals surface area contributed by atoms with Crippen molar-refractivity contribution in [1.82, 2.24) is 20.1 Å². The van der Waals surface area contributed by atoms with E-state index in [1.165, 1.54) is 0 Å². The zero-order chi connectivity index (χ0) is 18.6. The number of H-pyrrole nitrogens is 1. The van der Waals surface area contributed by atoms with Crippen LogP contribution in [0.1, 0.15) is 53.3 Å². The smallest absolute Gasteiger partial charge is 0.273 e. The summed E-state index contributed by atoms with van der Waals surface area (Å²) >= 11 is 1.59. The minimum absolute atomic E-state index is 0.0547. The molecule has 0 spiro atoms. The summed E-state index contributed by atoms with van der Waals surface area (Å²) < 4.78 is 0. The predicted molar refractivity (Wildman–Crippen MR) is 108 cm³/mol. The number of carbonyl (C=O) groups excluding carboxylic acids is 1. The van der Waals surface area contributed by atoms with Crippen LogP contribution in [0.3, 0.4) is 0 Å². The van der Waals surface area contributed by atoms with E-state index in [-0.39, 0.29) is 11.8 Å². The van der Waals surface area contributed by atoms with Crippen molar-refractivity contribution in [3.63, 3.8) is 0 Å². The van der Waals surface area contributed by atoms with Crippen LogP contribution in [-0.4, -0.2) is 39.1 Å². The minimum atomic E-state index is 0.0547. The molecule has 1 N–H and O–H groups in total. The van der Waals surface area contributed by atoms with Crippen molar-refractivity contribution in [3.8, 4) is 11.1 Å². The SMILES string of the molecule is CCCc1nc(C(=O)N2CCC[C@H](c3[nH]ncc3-c3ccccc3)C2)cs1. The molecule has 0 bridgehead atoms. The number of rotatable bonds is 5. The van der Waals surface area contributed by atoms with E-state index in [9.17, 15) is 4.79 Å². The Hall–Kier alpha value is -2.47. The number of hydrogen-bond acceptors (Lipinski definition) is 4. The number of aromatic nitrogens is 3. The number of thiazole rings is 1. The lowest BCUT2D eigenvalue weighted by atomic mass is 9.90. The van der Waals surface area contributed by atoms with E-state index in [1.54, 1.807) is 11.3 Å². The number of amides is 1. The van der Waals surface area contributed by atoms with E-state index in [4.69, 9.17) is 0 Å². The standard InChI is InChI=1S/C21H24N4OS/c1-2-7-19-23-18(14-27-19)21(26)25-11-6-10-16(13-25)20-17(12-22-24-20)15-8-4-3-5-9-15/h3-5,8-9,12,14,16H,2,6-7,10-11,13H2,1H3,(H,22,24)/t16-/m0/s1. The van der Waals surface area contributed by atoms with Crippen LogP contribution >= 0.6 is 11.3 Å². The van der Waals surface area contributed by atoms with Crippen LogP contribution in [0.25, 0.3) is 11.1 Å². The lowest BCUT2D eigenvalue weighted by molar-refractivity contribution is 0.0700. The Kier molecular flexibility index (Phi) is 5.34. The molecular formula is C21H24N4OS. The first kappa shape index (κ1) is 17.9. The van der Waals surface area contributed by atoms with Crippen LogP contribution in [0, 0.1) is 0 Å². The molecule has 0 aliphatic carbocycles. The number of aromatic amines is 1. The van der Waals surface area contributed by atoms with Gasteiger partial charge in [-0.2, -0.15) is 5.10 Å². The highest BCUT2D eigenvalue weighted by atomic mass is 32.1. The molecule has 3 heterocycles. The van der Waals surface area contributed by atoms with Crippen LogP contribution in [0.5, 0.6) is 0 Å². The van der Waals surface area contributed by atoms with Crippen LogP contribution in [0.4, 0.5) is 0 Å². The third-order valence-electron chi connectivity index (χ3n) is 5.11. The average molecular weight is 381 g/mol. The van der Waals surface area contributed by atoms with Gasteiger partial charge in [0.05, 0.1) is 11.2 Å². The van der Waals surface area contributed by atoms with Gasteiger partial charge >= 0.3 is 0 Å². The molecule has 1 atom stereocenters. The number of hydrogen-bond donors (Lipinski definition) is 1. The highest BCUT2D eigenvalue weighted by molar-refractivity contribution is 7.09. The van der Waals surface area contributed by atoms with Crippen molar-refractivity contribution in [3.05, 3.63) is 58.3 Å². The Morgan fingerprint density at radius 3 is 3.00 bits per heavy atom. The number of likely N-dealkylation sites (tertiary alicyclic amines) is 1. The van der Waals surface area contributed by atoms with E-state index < -0.39 is 0 Å². The molecule has 1 aromatic carbocycles. The first-order chi connectivity index (χ1) is 13.3. The quantitative estimate of drug-likeness (QED) is 0.709. The zero-order valence-electron chi connectivity index (χ0n) is 15.5. The Balaban J connectivity index is 1.52. The molecule has 6 heteroatoms. The maximum Gasteiger partial charge on any atom is 0.273 e. The molecule has 0 saturated carbocycles. The molecular weight excluding hydrogens is 356 g/mol. The largest absolute Gasteiger partial charge is 0.337 e. The maximum absolute atomic E-state index is 12.9. The van der Waals surface area contributed by atoms with Crippen LogP contribution in [-0.2, 0) is 6.42 Å². The fourth-order valence-electron chi connectivity index (χ4n) is 3.75. The summed E-state index contributed by atoms with van der Waals surface area (Å²) in [5.74, 6) is 0.327.